The molecule has 3 N–H and O–H groups in total. The van der Waals surface area contributed by atoms with Crippen molar-refractivity contribution in [1.29, 1.82) is 0 Å². The van der Waals surface area contributed by atoms with Crippen LogP contribution in [0.3, 0.4) is 0 Å². The highest BCUT2D eigenvalue weighted by Gasteiger charge is 2.21. The number of rotatable bonds is 6. The third-order valence-corrected chi connectivity index (χ3v) is 4.05. The molecule has 0 radical (unpaired) electrons. The van der Waals surface area contributed by atoms with E-state index in [0.29, 0.717) is 5.92 Å². The van der Waals surface area contributed by atoms with Crippen molar-refractivity contribution in [2.75, 3.05) is 0 Å². The van der Waals surface area contributed by atoms with Crippen LogP contribution in [0, 0.1) is 0 Å². The van der Waals surface area contributed by atoms with Crippen molar-refractivity contribution in [1.82, 2.24) is 10.4 Å². The number of nitrogens with zero attached hydrogens (tertiary/aromatic N) is 1. The van der Waals surface area contributed by atoms with Crippen LogP contribution in [0.25, 0.3) is 0 Å². The number of thiazole rings is 1. The highest BCUT2D eigenvalue weighted by atomic mass is 32.1. The van der Waals surface area contributed by atoms with Crippen molar-refractivity contribution >= 4 is 11.3 Å². The molecule has 3 nitrogen and oxygen atoms in total. The molecule has 2 atom stereocenters. The maximum Gasteiger partial charge on any atom is 0.0941 e. The lowest BCUT2D eigenvalue weighted by Gasteiger charge is -2.25. The SMILES string of the molecule is CCC(c1ccccc1)C(Cc1nccs1)NN. The summed E-state index contributed by atoms with van der Waals surface area (Å²) in [6.07, 6.45) is 3.78. The third-order valence-electron chi connectivity index (χ3n) is 3.25. The lowest BCUT2D eigenvalue weighted by molar-refractivity contribution is 0.427. The third kappa shape index (κ3) is 3.16. The minimum absolute atomic E-state index is 0.226. The second-order valence-corrected chi connectivity index (χ2v) is 5.31. The van der Waals surface area contributed by atoms with Crippen molar-refractivity contribution in [3.8, 4) is 0 Å². The zero-order valence-corrected chi connectivity index (χ0v) is 11.4. The van der Waals surface area contributed by atoms with Crippen LogP contribution < -0.4 is 11.3 Å². The van der Waals surface area contributed by atoms with Gasteiger partial charge in [-0.05, 0) is 12.0 Å². The Hall–Kier alpha value is -1.23. The average molecular weight is 261 g/mol. The second-order valence-electron chi connectivity index (χ2n) is 4.33. The minimum atomic E-state index is 0.226. The number of nitrogens with one attached hydrogen (secondary N) is 1. The molecular formula is C14H19N3S. The van der Waals surface area contributed by atoms with Crippen molar-refractivity contribution in [3.63, 3.8) is 0 Å². The van der Waals surface area contributed by atoms with Gasteiger partial charge in [-0.2, -0.15) is 0 Å². The molecule has 0 spiro atoms. The Balaban J connectivity index is 2.14. The smallest absolute Gasteiger partial charge is 0.0941 e. The van der Waals surface area contributed by atoms with Crippen LogP contribution in [0.2, 0.25) is 0 Å². The van der Waals surface area contributed by atoms with E-state index in [1.807, 2.05) is 17.6 Å². The van der Waals surface area contributed by atoms with Gasteiger partial charge in [-0.15, -0.1) is 11.3 Å². The van der Waals surface area contributed by atoms with Gasteiger partial charge in [0.05, 0.1) is 5.01 Å². The molecule has 0 aliphatic rings. The van der Waals surface area contributed by atoms with Crippen LogP contribution in [0.4, 0.5) is 0 Å². The van der Waals surface area contributed by atoms with Gasteiger partial charge in [0.2, 0.25) is 0 Å². The predicted molar refractivity (Wildman–Crippen MR) is 76.4 cm³/mol. The molecule has 1 aromatic carbocycles. The Morgan fingerprint density at radius 1 is 1.33 bits per heavy atom. The van der Waals surface area contributed by atoms with Gasteiger partial charge >= 0.3 is 0 Å². The zero-order chi connectivity index (χ0) is 12.8. The van der Waals surface area contributed by atoms with E-state index in [-0.39, 0.29) is 6.04 Å². The zero-order valence-electron chi connectivity index (χ0n) is 10.5. The van der Waals surface area contributed by atoms with Gasteiger partial charge in [-0.25, -0.2) is 4.98 Å². The molecule has 1 heterocycles. The topological polar surface area (TPSA) is 50.9 Å². The van der Waals surface area contributed by atoms with Crippen molar-refractivity contribution in [2.45, 2.75) is 31.7 Å². The Morgan fingerprint density at radius 2 is 2.11 bits per heavy atom. The summed E-state index contributed by atoms with van der Waals surface area (Å²) in [5.74, 6) is 6.15. The molecule has 0 saturated heterocycles. The van der Waals surface area contributed by atoms with E-state index in [1.165, 1.54) is 5.56 Å². The fourth-order valence-corrected chi connectivity index (χ4v) is 2.99. The monoisotopic (exact) mass is 261 g/mol. The molecule has 96 valence electrons. The molecule has 0 bridgehead atoms. The van der Waals surface area contributed by atoms with E-state index < -0.39 is 0 Å². The number of aromatic nitrogens is 1. The van der Waals surface area contributed by atoms with Gasteiger partial charge in [0.25, 0.3) is 0 Å². The molecule has 0 amide bonds. The molecule has 0 aliphatic heterocycles. The van der Waals surface area contributed by atoms with Crippen LogP contribution in [-0.4, -0.2) is 11.0 Å². The Kier molecular flexibility index (Phi) is 4.87. The Labute approximate surface area is 112 Å². The van der Waals surface area contributed by atoms with Crippen LogP contribution in [0.5, 0.6) is 0 Å². The molecule has 2 rings (SSSR count). The highest BCUT2D eigenvalue weighted by molar-refractivity contribution is 7.09. The van der Waals surface area contributed by atoms with Crippen molar-refractivity contribution in [2.24, 2.45) is 5.84 Å². The van der Waals surface area contributed by atoms with Gasteiger partial charge in [0.15, 0.2) is 0 Å². The highest BCUT2D eigenvalue weighted by Crippen LogP contribution is 2.25. The lowest BCUT2D eigenvalue weighted by Crippen LogP contribution is -2.41. The fourth-order valence-electron chi connectivity index (χ4n) is 2.31. The Morgan fingerprint density at radius 3 is 2.67 bits per heavy atom. The molecular weight excluding hydrogens is 242 g/mol. The van der Waals surface area contributed by atoms with Gasteiger partial charge in [0, 0.05) is 30.0 Å². The van der Waals surface area contributed by atoms with Crippen molar-refractivity contribution < 1.29 is 0 Å². The summed E-state index contributed by atoms with van der Waals surface area (Å²) in [4.78, 5) is 4.34. The van der Waals surface area contributed by atoms with E-state index in [2.05, 4.69) is 41.6 Å². The number of nitrogens with two attached hydrogens (primary N) is 1. The van der Waals surface area contributed by atoms with Gasteiger partial charge in [0.1, 0.15) is 0 Å². The van der Waals surface area contributed by atoms with E-state index in [4.69, 9.17) is 5.84 Å². The first-order chi connectivity index (χ1) is 8.85. The van der Waals surface area contributed by atoms with Crippen molar-refractivity contribution in [3.05, 3.63) is 52.5 Å². The summed E-state index contributed by atoms with van der Waals surface area (Å²) in [7, 11) is 0. The largest absolute Gasteiger partial charge is 0.271 e. The van der Waals surface area contributed by atoms with Crippen LogP contribution in [-0.2, 0) is 6.42 Å². The Bertz CT molecular complexity index is 441. The molecule has 1 aromatic heterocycles. The quantitative estimate of drug-likeness (QED) is 0.621. The second kappa shape index (κ2) is 6.64. The minimum Gasteiger partial charge on any atom is -0.271 e. The lowest BCUT2D eigenvalue weighted by atomic mass is 9.88. The standard InChI is InChI=1S/C14H19N3S/c1-2-12(11-6-4-3-5-7-11)13(17-15)10-14-16-8-9-18-14/h3-9,12-13,17H,2,10,15H2,1H3. The number of hydrazine groups is 1. The molecule has 0 saturated carbocycles. The molecule has 4 heteroatoms. The van der Waals surface area contributed by atoms with Crippen LogP contribution in [0.15, 0.2) is 41.9 Å². The molecule has 0 fully saturated rings. The maximum absolute atomic E-state index is 5.73. The fraction of sp³-hybridized carbons (Fsp3) is 0.357. The summed E-state index contributed by atoms with van der Waals surface area (Å²) in [6, 6.07) is 10.8. The summed E-state index contributed by atoms with van der Waals surface area (Å²) in [5, 5.41) is 3.14. The van der Waals surface area contributed by atoms with Gasteiger partial charge < -0.3 is 0 Å². The van der Waals surface area contributed by atoms with Crippen LogP contribution >= 0.6 is 11.3 Å². The average Bonchev–Trinajstić information content (AvgIpc) is 2.92. The number of hydrogen-bond donors (Lipinski definition) is 2. The maximum atomic E-state index is 5.73. The van der Waals surface area contributed by atoms with E-state index >= 15 is 0 Å². The summed E-state index contributed by atoms with van der Waals surface area (Å²) >= 11 is 1.68. The van der Waals surface area contributed by atoms with E-state index in [9.17, 15) is 0 Å². The first-order valence-corrected chi connectivity index (χ1v) is 7.12. The molecule has 2 unspecified atom stereocenters. The van der Waals surface area contributed by atoms with E-state index in [0.717, 1.165) is 17.8 Å². The first-order valence-electron chi connectivity index (χ1n) is 6.24. The molecule has 0 aliphatic carbocycles. The molecule has 18 heavy (non-hydrogen) atoms. The van der Waals surface area contributed by atoms with Gasteiger partial charge in [-0.1, -0.05) is 37.3 Å². The normalized spacial score (nSPS) is 14.3. The summed E-state index contributed by atoms with van der Waals surface area (Å²) in [5.41, 5.74) is 4.29. The number of hydrogen-bond acceptors (Lipinski definition) is 4. The van der Waals surface area contributed by atoms with Crippen LogP contribution in [0.1, 0.15) is 29.8 Å². The number of benzene rings is 1. The summed E-state index contributed by atoms with van der Waals surface area (Å²) in [6.45, 7) is 2.20. The van der Waals surface area contributed by atoms with E-state index in [1.54, 1.807) is 11.3 Å². The van der Waals surface area contributed by atoms with Gasteiger partial charge in [-0.3, -0.25) is 11.3 Å². The summed E-state index contributed by atoms with van der Waals surface area (Å²) < 4.78 is 0. The molecule has 2 aromatic rings. The first kappa shape index (κ1) is 13.2. The predicted octanol–water partition coefficient (Wildman–Crippen LogP) is 2.71.